The maximum atomic E-state index is 7.01. The molecule has 0 spiro atoms. The molecule has 0 aliphatic rings. The highest BCUT2D eigenvalue weighted by Crippen LogP contribution is 2.46. The van der Waals surface area contributed by atoms with E-state index in [-0.39, 0.29) is 0 Å². The third-order valence-corrected chi connectivity index (χ3v) is 14.2. The van der Waals surface area contributed by atoms with Crippen LogP contribution in [0, 0.1) is 0 Å². The summed E-state index contributed by atoms with van der Waals surface area (Å²) in [6.45, 7) is 7.20. The van der Waals surface area contributed by atoms with Crippen molar-refractivity contribution in [2.45, 2.75) is 19.6 Å². The quantitative estimate of drug-likeness (QED) is 0.113. The van der Waals surface area contributed by atoms with Gasteiger partial charge in [0.2, 0.25) is 0 Å². The fraction of sp³-hybridized carbons (Fsp3) is 0.0526. The first-order valence-corrected chi connectivity index (χ1v) is 24.6. The standard InChI is InChI=1S/C57H44N2OSi/c1-61(2,3)45-31-28-43(29-32-45)59(42-21-11-6-12-22-42)54-36-35-46(47-23-13-15-25-49(47)54)39-27-33-52-55(37-39)60-57-51-34-30-44(38-53(51)48-24-14-16-26-50(48)56(52)57)58(40-17-7-4-8-18-40)41-19-9-5-10-20-41/h4-38H,1-3H3. The van der Waals surface area contributed by atoms with E-state index in [0.717, 1.165) is 72.4 Å². The lowest BCUT2D eigenvalue weighted by molar-refractivity contribution is 0.673. The van der Waals surface area contributed by atoms with Crippen molar-refractivity contribution in [3.63, 3.8) is 0 Å². The second-order valence-electron chi connectivity index (χ2n) is 16.9. The van der Waals surface area contributed by atoms with Crippen molar-refractivity contribution in [1.82, 2.24) is 0 Å². The number of para-hydroxylation sites is 3. The zero-order valence-electron chi connectivity index (χ0n) is 34.5. The van der Waals surface area contributed by atoms with Gasteiger partial charge in [0.25, 0.3) is 0 Å². The first kappa shape index (κ1) is 36.7. The van der Waals surface area contributed by atoms with E-state index >= 15 is 0 Å². The summed E-state index contributed by atoms with van der Waals surface area (Å²) in [4.78, 5) is 4.71. The van der Waals surface area contributed by atoms with Crippen LogP contribution in [-0.2, 0) is 0 Å². The lowest BCUT2D eigenvalue weighted by atomic mass is 9.94. The molecule has 0 saturated carbocycles. The minimum Gasteiger partial charge on any atom is -0.455 e. The summed E-state index contributed by atoms with van der Waals surface area (Å²) in [6, 6.07) is 76.8. The molecule has 4 heteroatoms. The number of fused-ring (bicyclic) bond motifs is 9. The second-order valence-corrected chi connectivity index (χ2v) is 22.0. The van der Waals surface area contributed by atoms with Gasteiger partial charge in [-0.2, -0.15) is 0 Å². The van der Waals surface area contributed by atoms with Crippen molar-refractivity contribution in [1.29, 1.82) is 0 Å². The van der Waals surface area contributed by atoms with Crippen LogP contribution in [0.3, 0.4) is 0 Å². The molecule has 0 atom stereocenters. The van der Waals surface area contributed by atoms with Gasteiger partial charge in [-0.05, 0) is 118 Å². The number of hydrogen-bond acceptors (Lipinski definition) is 3. The van der Waals surface area contributed by atoms with E-state index in [9.17, 15) is 0 Å². The fourth-order valence-electron chi connectivity index (χ4n) is 9.20. The molecule has 0 N–H and O–H groups in total. The van der Waals surface area contributed by atoms with Crippen LogP contribution in [0.4, 0.5) is 34.1 Å². The molecule has 0 aliphatic carbocycles. The van der Waals surface area contributed by atoms with Gasteiger partial charge in [-0.3, -0.25) is 0 Å². The largest absolute Gasteiger partial charge is 0.455 e. The van der Waals surface area contributed by atoms with Crippen LogP contribution in [0.25, 0.3) is 65.4 Å². The molecule has 10 aromatic carbocycles. The van der Waals surface area contributed by atoms with Crippen molar-refractivity contribution in [3.05, 3.63) is 212 Å². The van der Waals surface area contributed by atoms with Gasteiger partial charge in [0.15, 0.2) is 0 Å². The third-order valence-electron chi connectivity index (χ3n) is 12.2. The first-order chi connectivity index (χ1) is 29.9. The monoisotopic (exact) mass is 800 g/mol. The van der Waals surface area contributed by atoms with E-state index in [4.69, 9.17) is 4.42 Å². The molecule has 0 saturated heterocycles. The molecule has 0 radical (unpaired) electrons. The number of anilines is 6. The van der Waals surface area contributed by atoms with Gasteiger partial charge in [-0.1, -0.05) is 152 Å². The Kier molecular flexibility index (Phi) is 8.83. The molecule has 0 bridgehead atoms. The molecule has 61 heavy (non-hydrogen) atoms. The van der Waals surface area contributed by atoms with Crippen molar-refractivity contribution < 1.29 is 4.42 Å². The number of hydrogen-bond donors (Lipinski definition) is 0. The highest BCUT2D eigenvalue weighted by molar-refractivity contribution is 6.88. The van der Waals surface area contributed by atoms with Gasteiger partial charge in [0.05, 0.1) is 13.8 Å². The molecular weight excluding hydrogens is 757 g/mol. The van der Waals surface area contributed by atoms with Gasteiger partial charge in [-0.25, -0.2) is 0 Å². The summed E-state index contributed by atoms with van der Waals surface area (Å²) in [5, 5.41) is 10.8. The van der Waals surface area contributed by atoms with E-state index in [1.807, 2.05) is 0 Å². The van der Waals surface area contributed by atoms with Gasteiger partial charge in [-0.15, -0.1) is 0 Å². The Labute approximate surface area is 357 Å². The predicted molar refractivity (Wildman–Crippen MR) is 264 cm³/mol. The molecule has 3 nitrogen and oxygen atoms in total. The van der Waals surface area contributed by atoms with Crippen LogP contribution in [0.2, 0.25) is 19.6 Å². The molecule has 11 rings (SSSR count). The van der Waals surface area contributed by atoms with Crippen molar-refractivity contribution >= 4 is 102 Å². The Balaban J connectivity index is 1.06. The van der Waals surface area contributed by atoms with Crippen LogP contribution in [0.15, 0.2) is 217 Å². The topological polar surface area (TPSA) is 19.6 Å². The summed E-state index contributed by atoms with van der Waals surface area (Å²) in [6.07, 6.45) is 0. The van der Waals surface area contributed by atoms with Crippen LogP contribution in [-0.4, -0.2) is 8.07 Å². The summed E-state index contributed by atoms with van der Waals surface area (Å²) < 4.78 is 7.01. The zero-order valence-corrected chi connectivity index (χ0v) is 35.5. The average Bonchev–Trinajstić information content (AvgIpc) is 3.70. The molecule has 0 amide bonds. The van der Waals surface area contributed by atoms with E-state index < -0.39 is 8.07 Å². The van der Waals surface area contributed by atoms with Gasteiger partial charge in [0.1, 0.15) is 11.2 Å². The number of rotatable bonds is 8. The normalized spacial score (nSPS) is 11.9. The van der Waals surface area contributed by atoms with E-state index in [0.29, 0.717) is 0 Å². The van der Waals surface area contributed by atoms with Crippen LogP contribution in [0.5, 0.6) is 0 Å². The van der Waals surface area contributed by atoms with Crippen molar-refractivity contribution in [3.8, 4) is 11.1 Å². The van der Waals surface area contributed by atoms with Gasteiger partial charge < -0.3 is 14.2 Å². The summed E-state index contributed by atoms with van der Waals surface area (Å²) in [5.41, 5.74) is 10.8. The maximum Gasteiger partial charge on any atom is 0.143 e. The molecule has 0 unspecified atom stereocenters. The molecular formula is C57H44N2OSi. The smallest absolute Gasteiger partial charge is 0.143 e. The maximum absolute atomic E-state index is 7.01. The lowest BCUT2D eigenvalue weighted by Gasteiger charge is -2.28. The van der Waals surface area contributed by atoms with Crippen LogP contribution < -0.4 is 15.0 Å². The highest BCUT2D eigenvalue weighted by Gasteiger charge is 2.22. The Morgan fingerprint density at radius 1 is 0.361 bits per heavy atom. The average molecular weight is 801 g/mol. The molecule has 1 aromatic heterocycles. The highest BCUT2D eigenvalue weighted by atomic mass is 28.3. The van der Waals surface area contributed by atoms with Gasteiger partial charge >= 0.3 is 0 Å². The molecule has 11 aromatic rings. The summed E-state index contributed by atoms with van der Waals surface area (Å²) >= 11 is 0. The SMILES string of the molecule is C[Si](C)(C)c1ccc(N(c2ccccc2)c2ccc(-c3ccc4c(c3)oc3c5ccc(N(c6ccccc6)c6ccccc6)cc5c5ccccc5c43)c3ccccc23)cc1. The lowest BCUT2D eigenvalue weighted by Crippen LogP contribution is -2.37. The van der Waals surface area contributed by atoms with Crippen LogP contribution >= 0.6 is 0 Å². The number of benzene rings is 10. The van der Waals surface area contributed by atoms with E-state index in [2.05, 4.69) is 242 Å². The first-order valence-electron chi connectivity index (χ1n) is 21.1. The molecule has 292 valence electrons. The summed E-state index contributed by atoms with van der Waals surface area (Å²) in [7, 11) is -1.45. The molecule has 0 aliphatic heterocycles. The summed E-state index contributed by atoms with van der Waals surface area (Å²) in [5.74, 6) is 0. The Bertz CT molecular complexity index is 3350. The second kappa shape index (κ2) is 14.7. The van der Waals surface area contributed by atoms with E-state index in [1.165, 1.54) is 32.3 Å². The molecule has 1 heterocycles. The minimum absolute atomic E-state index is 0.881. The van der Waals surface area contributed by atoms with Crippen LogP contribution in [0.1, 0.15) is 0 Å². The van der Waals surface area contributed by atoms with Crippen molar-refractivity contribution in [2.24, 2.45) is 0 Å². The zero-order chi connectivity index (χ0) is 41.1. The number of nitrogens with zero attached hydrogens (tertiary/aromatic N) is 2. The van der Waals surface area contributed by atoms with Crippen molar-refractivity contribution in [2.75, 3.05) is 9.80 Å². The Morgan fingerprint density at radius 3 is 1.52 bits per heavy atom. The minimum atomic E-state index is -1.45. The van der Waals surface area contributed by atoms with Gasteiger partial charge in [0, 0.05) is 50.0 Å². The van der Waals surface area contributed by atoms with E-state index in [1.54, 1.807) is 0 Å². The predicted octanol–water partition coefficient (Wildman–Crippen LogP) is 16.2. The molecule has 0 fully saturated rings. The Hall–Kier alpha value is -7.40. The number of furan rings is 1. The third kappa shape index (κ3) is 6.35. The fourth-order valence-corrected chi connectivity index (χ4v) is 10.4. The Morgan fingerprint density at radius 2 is 0.885 bits per heavy atom.